The van der Waals surface area contributed by atoms with Gasteiger partial charge in [-0.3, -0.25) is 4.79 Å². The quantitative estimate of drug-likeness (QED) is 0.702. The lowest BCUT2D eigenvalue weighted by atomic mass is 10.2. The van der Waals surface area contributed by atoms with Crippen LogP contribution in [0.4, 0.5) is 4.79 Å². The standard InChI is InChI=1S/C13H24N2O5/c1-13(2,3)20-12(18)14-5-7-19-9-11(17)15-6-4-10(16)8-15/h10,16H,4-9H2,1-3H3,(H,14,18)/t10-/m1/s1. The van der Waals surface area contributed by atoms with E-state index < -0.39 is 17.8 Å². The van der Waals surface area contributed by atoms with Crippen molar-refractivity contribution in [2.75, 3.05) is 32.8 Å². The van der Waals surface area contributed by atoms with Crippen molar-refractivity contribution < 1.29 is 24.2 Å². The molecule has 1 aliphatic rings. The third-order valence-corrected chi connectivity index (χ3v) is 2.66. The van der Waals surface area contributed by atoms with E-state index in [0.717, 1.165) is 0 Å². The first-order valence-corrected chi connectivity index (χ1v) is 6.78. The van der Waals surface area contributed by atoms with Crippen LogP contribution in [-0.4, -0.2) is 66.6 Å². The summed E-state index contributed by atoms with van der Waals surface area (Å²) in [4.78, 5) is 24.5. The number of likely N-dealkylation sites (tertiary alicyclic amines) is 1. The Morgan fingerprint density at radius 3 is 2.65 bits per heavy atom. The average molecular weight is 288 g/mol. The van der Waals surface area contributed by atoms with Gasteiger partial charge in [0.15, 0.2) is 0 Å². The van der Waals surface area contributed by atoms with Gasteiger partial charge in [0.1, 0.15) is 12.2 Å². The Balaban J connectivity index is 2.05. The van der Waals surface area contributed by atoms with Crippen LogP contribution in [0.25, 0.3) is 0 Å². The predicted octanol–water partition coefficient (Wildman–Crippen LogP) is 0.121. The smallest absolute Gasteiger partial charge is 0.407 e. The molecule has 0 aromatic heterocycles. The van der Waals surface area contributed by atoms with Gasteiger partial charge in [-0.2, -0.15) is 0 Å². The topological polar surface area (TPSA) is 88.1 Å². The van der Waals surface area contributed by atoms with Gasteiger partial charge >= 0.3 is 6.09 Å². The Morgan fingerprint density at radius 2 is 2.10 bits per heavy atom. The summed E-state index contributed by atoms with van der Waals surface area (Å²) in [5.74, 6) is -0.140. The molecule has 0 radical (unpaired) electrons. The normalized spacial score (nSPS) is 19.0. The van der Waals surface area contributed by atoms with Crippen molar-refractivity contribution in [1.82, 2.24) is 10.2 Å². The SMILES string of the molecule is CC(C)(C)OC(=O)NCCOCC(=O)N1CC[C@@H](O)C1. The number of carbonyl (C=O) groups is 2. The zero-order valence-electron chi connectivity index (χ0n) is 12.3. The summed E-state index contributed by atoms with van der Waals surface area (Å²) < 4.78 is 10.2. The van der Waals surface area contributed by atoms with E-state index >= 15 is 0 Å². The highest BCUT2D eigenvalue weighted by Gasteiger charge is 2.24. The van der Waals surface area contributed by atoms with E-state index in [2.05, 4.69) is 5.32 Å². The summed E-state index contributed by atoms with van der Waals surface area (Å²) in [5, 5.41) is 11.9. The number of amides is 2. The zero-order valence-corrected chi connectivity index (χ0v) is 12.3. The molecule has 2 N–H and O–H groups in total. The van der Waals surface area contributed by atoms with E-state index in [1.165, 1.54) is 0 Å². The number of ether oxygens (including phenoxy) is 2. The fraction of sp³-hybridized carbons (Fsp3) is 0.846. The lowest BCUT2D eigenvalue weighted by Crippen LogP contribution is -2.36. The number of nitrogens with zero attached hydrogens (tertiary/aromatic N) is 1. The van der Waals surface area contributed by atoms with Crippen molar-refractivity contribution in [3.63, 3.8) is 0 Å². The lowest BCUT2D eigenvalue weighted by Gasteiger charge is -2.19. The largest absolute Gasteiger partial charge is 0.444 e. The first kappa shape index (κ1) is 16.7. The first-order chi connectivity index (χ1) is 9.28. The van der Waals surface area contributed by atoms with Gasteiger partial charge in [-0.1, -0.05) is 0 Å². The van der Waals surface area contributed by atoms with E-state index in [0.29, 0.717) is 19.5 Å². The molecule has 1 rings (SSSR count). The molecule has 1 atom stereocenters. The fourth-order valence-electron chi connectivity index (χ4n) is 1.76. The van der Waals surface area contributed by atoms with Gasteiger partial charge in [-0.15, -0.1) is 0 Å². The van der Waals surface area contributed by atoms with E-state index in [-0.39, 0.29) is 25.7 Å². The third kappa shape index (κ3) is 6.72. The highest BCUT2D eigenvalue weighted by Crippen LogP contribution is 2.08. The Morgan fingerprint density at radius 1 is 1.40 bits per heavy atom. The van der Waals surface area contributed by atoms with Gasteiger partial charge < -0.3 is 24.8 Å². The Hall–Kier alpha value is -1.34. The van der Waals surface area contributed by atoms with E-state index in [1.54, 1.807) is 25.7 Å². The summed E-state index contributed by atoms with van der Waals surface area (Å²) >= 11 is 0. The molecule has 1 aliphatic heterocycles. The monoisotopic (exact) mass is 288 g/mol. The highest BCUT2D eigenvalue weighted by molar-refractivity contribution is 5.77. The molecule has 7 heteroatoms. The van der Waals surface area contributed by atoms with Crippen molar-refractivity contribution in [3.8, 4) is 0 Å². The molecule has 1 saturated heterocycles. The molecule has 20 heavy (non-hydrogen) atoms. The molecule has 0 aromatic carbocycles. The molecule has 1 fully saturated rings. The fourth-order valence-corrected chi connectivity index (χ4v) is 1.76. The van der Waals surface area contributed by atoms with Gasteiger partial charge in [0.2, 0.25) is 5.91 Å². The molecule has 0 saturated carbocycles. The molecule has 1 heterocycles. The summed E-state index contributed by atoms with van der Waals surface area (Å²) in [6.07, 6.45) is -0.311. The second-order valence-electron chi connectivity index (χ2n) is 5.76. The maximum Gasteiger partial charge on any atom is 0.407 e. The molecular formula is C13H24N2O5. The Kier molecular flexibility index (Phi) is 6.22. The minimum Gasteiger partial charge on any atom is -0.444 e. The number of aliphatic hydroxyl groups is 1. The van der Waals surface area contributed by atoms with Crippen LogP contribution in [0.3, 0.4) is 0 Å². The van der Waals surface area contributed by atoms with Crippen LogP contribution >= 0.6 is 0 Å². The highest BCUT2D eigenvalue weighted by atomic mass is 16.6. The summed E-state index contributed by atoms with van der Waals surface area (Å²) in [6, 6.07) is 0. The maximum atomic E-state index is 11.7. The van der Waals surface area contributed by atoms with Crippen LogP contribution in [-0.2, 0) is 14.3 Å². The van der Waals surface area contributed by atoms with Crippen molar-refractivity contribution in [2.45, 2.75) is 38.9 Å². The second kappa shape index (κ2) is 7.44. The Bertz CT molecular complexity index is 340. The first-order valence-electron chi connectivity index (χ1n) is 6.78. The number of hydrogen-bond donors (Lipinski definition) is 2. The maximum absolute atomic E-state index is 11.7. The van der Waals surface area contributed by atoms with Crippen LogP contribution in [0.5, 0.6) is 0 Å². The number of hydrogen-bond acceptors (Lipinski definition) is 5. The van der Waals surface area contributed by atoms with Crippen molar-refractivity contribution in [1.29, 1.82) is 0 Å². The van der Waals surface area contributed by atoms with Crippen LogP contribution in [0.15, 0.2) is 0 Å². The average Bonchev–Trinajstić information content (AvgIpc) is 2.73. The zero-order chi connectivity index (χ0) is 15.2. The number of nitrogens with one attached hydrogen (secondary N) is 1. The summed E-state index contributed by atoms with van der Waals surface area (Å²) in [5.41, 5.74) is -0.530. The molecule has 0 spiro atoms. The molecule has 0 unspecified atom stereocenters. The molecule has 116 valence electrons. The molecule has 0 aliphatic carbocycles. The molecule has 2 amide bonds. The number of alkyl carbamates (subject to hydrolysis) is 1. The lowest BCUT2D eigenvalue weighted by molar-refractivity contribution is -0.135. The molecule has 7 nitrogen and oxygen atoms in total. The number of aliphatic hydroxyl groups excluding tert-OH is 1. The third-order valence-electron chi connectivity index (χ3n) is 2.66. The molecule has 0 aromatic rings. The van der Waals surface area contributed by atoms with Gasteiger partial charge in [0.05, 0.1) is 12.7 Å². The number of β-amino-alcohol motifs (C(OH)–C–C–N with tert-alkyl or cyclic N) is 1. The molecule has 0 bridgehead atoms. The van der Waals surface area contributed by atoms with E-state index in [9.17, 15) is 14.7 Å². The predicted molar refractivity (Wildman–Crippen MR) is 72.3 cm³/mol. The number of rotatable bonds is 5. The van der Waals surface area contributed by atoms with Crippen molar-refractivity contribution in [3.05, 3.63) is 0 Å². The van der Waals surface area contributed by atoms with Crippen LogP contribution < -0.4 is 5.32 Å². The number of carbonyl (C=O) groups excluding carboxylic acids is 2. The second-order valence-corrected chi connectivity index (χ2v) is 5.76. The van der Waals surface area contributed by atoms with Gasteiger partial charge in [-0.25, -0.2) is 4.79 Å². The van der Waals surface area contributed by atoms with Gasteiger partial charge in [0, 0.05) is 19.6 Å². The van der Waals surface area contributed by atoms with Crippen LogP contribution in [0, 0.1) is 0 Å². The van der Waals surface area contributed by atoms with Gasteiger partial charge in [-0.05, 0) is 27.2 Å². The summed E-state index contributed by atoms with van der Waals surface area (Å²) in [6.45, 7) is 6.78. The van der Waals surface area contributed by atoms with Crippen molar-refractivity contribution >= 4 is 12.0 Å². The minimum atomic E-state index is -0.530. The Labute approximate surface area is 119 Å². The van der Waals surface area contributed by atoms with Crippen LogP contribution in [0.2, 0.25) is 0 Å². The van der Waals surface area contributed by atoms with E-state index in [1.807, 2.05) is 0 Å². The van der Waals surface area contributed by atoms with E-state index in [4.69, 9.17) is 9.47 Å². The minimum absolute atomic E-state index is 0.0390. The van der Waals surface area contributed by atoms with Crippen LogP contribution in [0.1, 0.15) is 27.2 Å². The van der Waals surface area contributed by atoms with Gasteiger partial charge in [0.25, 0.3) is 0 Å². The van der Waals surface area contributed by atoms with Crippen molar-refractivity contribution in [2.24, 2.45) is 0 Å². The molecular weight excluding hydrogens is 264 g/mol. The summed E-state index contributed by atoms with van der Waals surface area (Å²) in [7, 11) is 0.